The molecule has 2 aromatic carbocycles. The Morgan fingerprint density at radius 2 is 1.85 bits per heavy atom. The van der Waals surface area contributed by atoms with E-state index in [-0.39, 0.29) is 27.1 Å². The number of carbonyl (C=O) groups is 1. The van der Waals surface area contributed by atoms with Gasteiger partial charge in [0.2, 0.25) is 0 Å². The lowest BCUT2D eigenvalue weighted by Crippen LogP contribution is -2.26. The molecule has 140 valence electrons. The fourth-order valence-corrected chi connectivity index (χ4v) is 3.77. The smallest absolute Gasteiger partial charge is 0.261 e. The SMILES string of the molecule is O=C(NCCc1ccco1)c1cccc(S(=O)(=O)Nc2ccccc2Cl)c1. The number of benzene rings is 2. The first-order valence-electron chi connectivity index (χ1n) is 8.14. The zero-order valence-corrected chi connectivity index (χ0v) is 15.8. The van der Waals surface area contributed by atoms with Crippen molar-refractivity contribution in [3.8, 4) is 0 Å². The van der Waals surface area contributed by atoms with Crippen LogP contribution in [0.15, 0.2) is 76.2 Å². The lowest BCUT2D eigenvalue weighted by Gasteiger charge is -2.11. The standard InChI is InChI=1S/C19H17ClN2O4S/c20-17-8-1-2-9-18(17)22-27(24,25)16-7-3-5-14(13-16)19(23)21-11-10-15-6-4-12-26-15/h1-9,12-13,22H,10-11H2,(H,21,23). The molecular weight excluding hydrogens is 388 g/mol. The maximum atomic E-state index is 12.6. The van der Waals surface area contributed by atoms with Crippen LogP contribution in [0.4, 0.5) is 5.69 Å². The van der Waals surface area contributed by atoms with Crippen molar-refractivity contribution in [2.24, 2.45) is 0 Å². The fourth-order valence-electron chi connectivity index (χ4n) is 2.41. The van der Waals surface area contributed by atoms with Crippen molar-refractivity contribution in [2.75, 3.05) is 11.3 Å². The topological polar surface area (TPSA) is 88.4 Å². The predicted octanol–water partition coefficient (Wildman–Crippen LogP) is 3.71. The van der Waals surface area contributed by atoms with Gasteiger partial charge in [0, 0.05) is 18.5 Å². The first kappa shape index (κ1) is 19.0. The van der Waals surface area contributed by atoms with Crippen LogP contribution in [0.3, 0.4) is 0 Å². The predicted molar refractivity (Wildman–Crippen MR) is 103 cm³/mol. The number of carbonyl (C=O) groups excluding carboxylic acids is 1. The Balaban J connectivity index is 1.70. The highest BCUT2D eigenvalue weighted by Crippen LogP contribution is 2.24. The molecule has 1 aromatic heterocycles. The molecule has 3 aromatic rings. The van der Waals surface area contributed by atoms with E-state index >= 15 is 0 Å². The number of rotatable bonds is 7. The van der Waals surface area contributed by atoms with E-state index in [4.69, 9.17) is 16.0 Å². The van der Waals surface area contributed by atoms with Crippen LogP contribution >= 0.6 is 11.6 Å². The normalized spacial score (nSPS) is 11.1. The second kappa shape index (κ2) is 8.28. The highest BCUT2D eigenvalue weighted by molar-refractivity contribution is 7.92. The van der Waals surface area contributed by atoms with Crippen LogP contribution in [-0.2, 0) is 16.4 Å². The van der Waals surface area contributed by atoms with E-state index in [1.165, 1.54) is 18.2 Å². The van der Waals surface area contributed by atoms with Gasteiger partial charge in [0.05, 0.1) is 21.9 Å². The minimum absolute atomic E-state index is 0.0268. The Morgan fingerprint density at radius 1 is 1.04 bits per heavy atom. The Bertz CT molecular complexity index is 1030. The zero-order valence-electron chi connectivity index (χ0n) is 14.2. The average molecular weight is 405 g/mol. The van der Waals surface area contributed by atoms with E-state index in [1.807, 2.05) is 6.07 Å². The molecule has 0 aliphatic rings. The molecule has 3 rings (SSSR count). The van der Waals surface area contributed by atoms with Crippen molar-refractivity contribution in [3.63, 3.8) is 0 Å². The maximum Gasteiger partial charge on any atom is 0.261 e. The highest BCUT2D eigenvalue weighted by atomic mass is 35.5. The molecule has 0 unspecified atom stereocenters. The Morgan fingerprint density at radius 3 is 2.59 bits per heavy atom. The van der Waals surface area contributed by atoms with Crippen LogP contribution in [0.5, 0.6) is 0 Å². The molecule has 0 saturated carbocycles. The minimum Gasteiger partial charge on any atom is -0.469 e. The van der Waals surface area contributed by atoms with Crippen LogP contribution in [-0.4, -0.2) is 20.9 Å². The Kier molecular flexibility index (Phi) is 5.83. The summed E-state index contributed by atoms with van der Waals surface area (Å²) in [5.74, 6) is 0.395. The monoisotopic (exact) mass is 404 g/mol. The van der Waals surface area contributed by atoms with Crippen molar-refractivity contribution < 1.29 is 17.6 Å². The third-order valence-corrected chi connectivity index (χ3v) is 5.45. The quantitative estimate of drug-likeness (QED) is 0.628. The van der Waals surface area contributed by atoms with Crippen molar-refractivity contribution in [3.05, 3.63) is 83.3 Å². The molecule has 0 bridgehead atoms. The summed E-state index contributed by atoms with van der Waals surface area (Å²) < 4.78 is 32.8. The van der Waals surface area contributed by atoms with E-state index in [1.54, 1.807) is 42.7 Å². The molecule has 0 fully saturated rings. The molecule has 27 heavy (non-hydrogen) atoms. The second-order valence-corrected chi connectivity index (χ2v) is 7.79. The number of amides is 1. The number of hydrogen-bond donors (Lipinski definition) is 2. The van der Waals surface area contributed by atoms with E-state index in [9.17, 15) is 13.2 Å². The van der Waals surface area contributed by atoms with E-state index in [2.05, 4.69) is 10.0 Å². The summed E-state index contributed by atoms with van der Waals surface area (Å²) in [6.45, 7) is 0.376. The van der Waals surface area contributed by atoms with Gasteiger partial charge in [-0.25, -0.2) is 8.42 Å². The molecule has 0 aliphatic carbocycles. The molecule has 0 atom stereocenters. The van der Waals surface area contributed by atoms with E-state index in [0.29, 0.717) is 13.0 Å². The van der Waals surface area contributed by atoms with Crippen LogP contribution in [0.1, 0.15) is 16.1 Å². The lowest BCUT2D eigenvalue weighted by molar-refractivity contribution is 0.0953. The van der Waals surface area contributed by atoms with E-state index < -0.39 is 10.0 Å². The third-order valence-electron chi connectivity index (χ3n) is 3.76. The summed E-state index contributed by atoms with van der Waals surface area (Å²) >= 11 is 6.00. The van der Waals surface area contributed by atoms with Crippen molar-refractivity contribution >= 4 is 33.2 Å². The third kappa shape index (κ3) is 4.90. The molecular formula is C19H17ClN2O4S. The van der Waals surface area contributed by atoms with Crippen LogP contribution in [0, 0.1) is 0 Å². The molecule has 1 heterocycles. The molecule has 0 saturated heterocycles. The van der Waals surface area contributed by atoms with Gasteiger partial charge in [0.1, 0.15) is 5.76 Å². The fraction of sp³-hybridized carbons (Fsp3) is 0.105. The zero-order chi connectivity index (χ0) is 19.3. The number of hydrogen-bond acceptors (Lipinski definition) is 4. The molecule has 0 aliphatic heterocycles. The first-order valence-corrected chi connectivity index (χ1v) is 10.00. The number of nitrogens with one attached hydrogen (secondary N) is 2. The second-order valence-electron chi connectivity index (χ2n) is 5.70. The molecule has 8 heteroatoms. The molecule has 1 amide bonds. The summed E-state index contributed by atoms with van der Waals surface area (Å²) in [5.41, 5.74) is 0.518. The Labute approximate surface area is 162 Å². The van der Waals surface area contributed by atoms with Crippen LogP contribution in [0.25, 0.3) is 0 Å². The van der Waals surface area contributed by atoms with Crippen LogP contribution in [0.2, 0.25) is 5.02 Å². The molecule has 2 N–H and O–H groups in total. The van der Waals surface area contributed by atoms with Gasteiger partial charge < -0.3 is 9.73 Å². The number of para-hydroxylation sites is 1. The van der Waals surface area contributed by atoms with Gasteiger partial charge in [0.15, 0.2) is 0 Å². The summed E-state index contributed by atoms with van der Waals surface area (Å²) in [4.78, 5) is 12.3. The van der Waals surface area contributed by atoms with Crippen molar-refractivity contribution in [1.29, 1.82) is 0 Å². The van der Waals surface area contributed by atoms with Crippen LogP contribution < -0.4 is 10.0 Å². The van der Waals surface area contributed by atoms with Gasteiger partial charge in [-0.3, -0.25) is 9.52 Å². The molecule has 0 spiro atoms. The summed E-state index contributed by atoms with van der Waals surface area (Å²) in [6, 6.07) is 15.9. The minimum atomic E-state index is -3.88. The molecule has 0 radical (unpaired) electrons. The van der Waals surface area contributed by atoms with Gasteiger partial charge in [-0.1, -0.05) is 29.8 Å². The van der Waals surface area contributed by atoms with Gasteiger partial charge in [0.25, 0.3) is 15.9 Å². The van der Waals surface area contributed by atoms with Gasteiger partial charge >= 0.3 is 0 Å². The molecule has 6 nitrogen and oxygen atoms in total. The maximum absolute atomic E-state index is 12.6. The van der Waals surface area contributed by atoms with E-state index in [0.717, 1.165) is 5.76 Å². The number of anilines is 1. The lowest BCUT2D eigenvalue weighted by atomic mass is 10.2. The van der Waals surface area contributed by atoms with Gasteiger partial charge in [-0.05, 0) is 42.5 Å². The average Bonchev–Trinajstić information content (AvgIpc) is 3.17. The van der Waals surface area contributed by atoms with Gasteiger partial charge in [-0.2, -0.15) is 0 Å². The Hall–Kier alpha value is -2.77. The van der Waals surface area contributed by atoms with Gasteiger partial charge in [-0.15, -0.1) is 0 Å². The van der Waals surface area contributed by atoms with Crippen molar-refractivity contribution in [2.45, 2.75) is 11.3 Å². The number of halogens is 1. The summed E-state index contributed by atoms with van der Waals surface area (Å²) in [7, 11) is -3.88. The summed E-state index contributed by atoms with van der Waals surface area (Å²) in [6.07, 6.45) is 2.11. The highest BCUT2D eigenvalue weighted by Gasteiger charge is 2.17. The first-order chi connectivity index (χ1) is 13.0. The largest absolute Gasteiger partial charge is 0.469 e. The van der Waals surface area contributed by atoms with Crippen molar-refractivity contribution in [1.82, 2.24) is 5.32 Å². The number of sulfonamides is 1. The number of furan rings is 1. The summed E-state index contributed by atoms with van der Waals surface area (Å²) in [5, 5.41) is 3.02.